The van der Waals surface area contributed by atoms with Gasteiger partial charge in [-0.25, -0.2) is 4.79 Å². The third-order valence-corrected chi connectivity index (χ3v) is 7.09. The van der Waals surface area contributed by atoms with E-state index in [1.165, 1.54) is 10.4 Å². The maximum atomic E-state index is 13.0. The van der Waals surface area contributed by atoms with E-state index in [1.807, 2.05) is 11.4 Å². The highest BCUT2D eigenvalue weighted by atomic mass is 32.1. The number of nitrogens with zero attached hydrogens (tertiary/aromatic N) is 2. The van der Waals surface area contributed by atoms with Gasteiger partial charge in [0.25, 0.3) is 5.91 Å². The fourth-order valence-corrected chi connectivity index (χ4v) is 4.98. The summed E-state index contributed by atoms with van der Waals surface area (Å²) in [4.78, 5) is 54.3. The molecule has 174 valence electrons. The Balaban J connectivity index is 1.28. The Bertz CT molecular complexity index is 1080. The predicted molar refractivity (Wildman–Crippen MR) is 122 cm³/mol. The largest absolute Gasteiger partial charge is 0.497 e. The fourth-order valence-electron chi connectivity index (χ4n) is 4.09. The summed E-state index contributed by atoms with van der Waals surface area (Å²) in [6, 6.07) is 8.21. The molecule has 1 aromatic carbocycles. The molecule has 10 heteroatoms. The molecular weight excluding hydrogens is 444 g/mol. The summed E-state index contributed by atoms with van der Waals surface area (Å²) in [5.41, 5.74) is 0.501. The van der Waals surface area contributed by atoms with Crippen molar-refractivity contribution in [2.45, 2.75) is 31.8 Å². The molecule has 5 amide bonds. The summed E-state index contributed by atoms with van der Waals surface area (Å²) < 4.78 is 5.13. The molecule has 1 saturated heterocycles. The van der Waals surface area contributed by atoms with Crippen LogP contribution in [0.2, 0.25) is 0 Å². The van der Waals surface area contributed by atoms with Crippen molar-refractivity contribution in [3.05, 3.63) is 51.7 Å². The second kappa shape index (κ2) is 9.22. The van der Waals surface area contributed by atoms with Crippen LogP contribution in [0.1, 0.15) is 29.3 Å². The number of nitrogens with one attached hydrogen (secondary N) is 2. The Morgan fingerprint density at radius 1 is 1.21 bits per heavy atom. The van der Waals surface area contributed by atoms with Crippen molar-refractivity contribution in [2.75, 3.05) is 26.7 Å². The molecule has 1 unspecified atom stereocenters. The van der Waals surface area contributed by atoms with Crippen LogP contribution in [0.5, 0.6) is 5.75 Å². The molecule has 9 nitrogen and oxygen atoms in total. The third-order valence-electron chi connectivity index (χ3n) is 6.07. The molecule has 2 aliphatic rings. The number of imide groups is 1. The summed E-state index contributed by atoms with van der Waals surface area (Å²) in [6.07, 6.45) is 1.01. The van der Waals surface area contributed by atoms with Gasteiger partial charge in [-0.15, -0.1) is 11.3 Å². The van der Waals surface area contributed by atoms with Gasteiger partial charge in [-0.05, 0) is 48.1 Å². The average molecular weight is 471 g/mol. The highest BCUT2D eigenvalue weighted by Gasteiger charge is 2.49. The van der Waals surface area contributed by atoms with Crippen LogP contribution < -0.4 is 15.4 Å². The number of amides is 5. The fraction of sp³-hybridized carbons (Fsp3) is 0.391. The molecule has 4 rings (SSSR count). The van der Waals surface area contributed by atoms with Gasteiger partial charge in [0.1, 0.15) is 17.8 Å². The summed E-state index contributed by atoms with van der Waals surface area (Å²) in [5, 5.41) is 7.35. The molecule has 1 aromatic heterocycles. The minimum Gasteiger partial charge on any atom is -0.497 e. The summed E-state index contributed by atoms with van der Waals surface area (Å²) in [6.45, 7) is 2.60. The lowest BCUT2D eigenvalue weighted by molar-refractivity contribution is -0.135. The van der Waals surface area contributed by atoms with Crippen molar-refractivity contribution in [2.24, 2.45) is 0 Å². The molecule has 0 spiro atoms. The lowest BCUT2D eigenvalue weighted by Gasteiger charge is -2.27. The van der Waals surface area contributed by atoms with E-state index in [2.05, 4.69) is 10.6 Å². The Morgan fingerprint density at radius 2 is 1.97 bits per heavy atom. The number of methoxy groups -OCH3 is 1. The van der Waals surface area contributed by atoms with Gasteiger partial charge < -0.3 is 20.3 Å². The van der Waals surface area contributed by atoms with Gasteiger partial charge in [-0.3, -0.25) is 19.3 Å². The minimum absolute atomic E-state index is 0.0331. The van der Waals surface area contributed by atoms with Gasteiger partial charge in [-0.2, -0.15) is 0 Å². The van der Waals surface area contributed by atoms with E-state index in [1.54, 1.807) is 54.5 Å². The number of hydrogen-bond acceptors (Lipinski definition) is 6. The molecule has 0 radical (unpaired) electrons. The molecule has 1 atom stereocenters. The number of carbonyl (C=O) groups excluding carboxylic acids is 4. The number of ether oxygens (including phenoxy) is 1. The number of rotatable bonds is 7. The Morgan fingerprint density at radius 3 is 2.70 bits per heavy atom. The van der Waals surface area contributed by atoms with Crippen molar-refractivity contribution in [3.8, 4) is 5.75 Å². The third kappa shape index (κ3) is 4.56. The highest BCUT2D eigenvalue weighted by Crippen LogP contribution is 2.30. The number of carbonyl (C=O) groups is 4. The molecule has 1 fully saturated rings. The van der Waals surface area contributed by atoms with Crippen LogP contribution in [0.4, 0.5) is 4.79 Å². The number of thiophene rings is 1. The Hall–Kier alpha value is -3.40. The van der Waals surface area contributed by atoms with Gasteiger partial charge >= 0.3 is 6.03 Å². The number of fused-ring (bicyclic) bond motifs is 1. The second-order valence-electron chi connectivity index (χ2n) is 8.21. The lowest BCUT2D eigenvalue weighted by atomic mass is 9.92. The smallest absolute Gasteiger partial charge is 0.325 e. The quantitative estimate of drug-likeness (QED) is 0.598. The predicted octanol–water partition coefficient (Wildman–Crippen LogP) is 1.61. The molecular formula is C23H26N4O5S. The molecule has 3 heterocycles. The average Bonchev–Trinajstić information content (AvgIpc) is 3.37. The van der Waals surface area contributed by atoms with E-state index in [9.17, 15) is 19.2 Å². The maximum Gasteiger partial charge on any atom is 0.325 e. The second-order valence-corrected chi connectivity index (χ2v) is 9.21. The Kier molecular flexibility index (Phi) is 6.37. The van der Waals surface area contributed by atoms with Gasteiger partial charge in [0, 0.05) is 30.9 Å². The first-order valence-electron chi connectivity index (χ1n) is 10.7. The zero-order valence-corrected chi connectivity index (χ0v) is 19.4. The summed E-state index contributed by atoms with van der Waals surface area (Å²) in [5.74, 6) is -0.410. The molecule has 0 saturated carbocycles. The van der Waals surface area contributed by atoms with E-state index in [-0.39, 0.29) is 18.9 Å². The van der Waals surface area contributed by atoms with Crippen LogP contribution in [-0.4, -0.2) is 60.3 Å². The SMILES string of the molecule is COc1ccc(C2(C)NC(=O)N(CC(=O)NCCC(=O)N3CCc4sccc4C3)C2=O)cc1. The summed E-state index contributed by atoms with van der Waals surface area (Å²) in [7, 11) is 1.54. The summed E-state index contributed by atoms with van der Waals surface area (Å²) >= 11 is 1.71. The van der Waals surface area contributed by atoms with Crippen LogP contribution >= 0.6 is 11.3 Å². The molecule has 2 aliphatic heterocycles. The van der Waals surface area contributed by atoms with Crippen LogP contribution in [-0.2, 0) is 32.9 Å². The van der Waals surface area contributed by atoms with Crippen LogP contribution in [0.25, 0.3) is 0 Å². The zero-order chi connectivity index (χ0) is 23.6. The van der Waals surface area contributed by atoms with Gasteiger partial charge in [0.2, 0.25) is 11.8 Å². The van der Waals surface area contributed by atoms with Crippen molar-refractivity contribution in [1.82, 2.24) is 20.4 Å². The van der Waals surface area contributed by atoms with E-state index < -0.39 is 29.9 Å². The van der Waals surface area contributed by atoms with E-state index in [0.717, 1.165) is 11.3 Å². The number of benzene rings is 1. The molecule has 2 N–H and O–H groups in total. The van der Waals surface area contributed by atoms with Crippen molar-refractivity contribution in [3.63, 3.8) is 0 Å². The minimum atomic E-state index is -1.27. The zero-order valence-electron chi connectivity index (χ0n) is 18.6. The first-order chi connectivity index (χ1) is 15.8. The van der Waals surface area contributed by atoms with E-state index in [4.69, 9.17) is 4.74 Å². The van der Waals surface area contributed by atoms with Crippen LogP contribution in [0.15, 0.2) is 35.7 Å². The molecule has 33 heavy (non-hydrogen) atoms. The van der Waals surface area contributed by atoms with Crippen LogP contribution in [0.3, 0.4) is 0 Å². The first-order valence-corrected chi connectivity index (χ1v) is 11.6. The van der Waals surface area contributed by atoms with Gasteiger partial charge in [0.15, 0.2) is 0 Å². The topological polar surface area (TPSA) is 108 Å². The van der Waals surface area contributed by atoms with E-state index in [0.29, 0.717) is 24.4 Å². The molecule has 2 aromatic rings. The number of urea groups is 1. The Labute approximate surface area is 195 Å². The maximum absolute atomic E-state index is 13.0. The highest BCUT2D eigenvalue weighted by molar-refractivity contribution is 7.10. The van der Waals surface area contributed by atoms with Crippen molar-refractivity contribution >= 4 is 35.1 Å². The monoisotopic (exact) mass is 470 g/mol. The number of hydrogen-bond donors (Lipinski definition) is 2. The molecule has 0 bridgehead atoms. The standard InChI is InChI=1S/C23H26N4O5S/c1-23(16-3-5-17(32-2)6-4-16)21(30)27(22(31)25-23)14-19(28)24-10-7-20(29)26-11-8-18-15(13-26)9-12-33-18/h3-6,9,12H,7-8,10-11,13-14H2,1-2H3,(H,24,28)(H,25,31). The van der Waals surface area contributed by atoms with Gasteiger partial charge in [0.05, 0.1) is 7.11 Å². The molecule has 0 aliphatic carbocycles. The van der Waals surface area contributed by atoms with Crippen molar-refractivity contribution < 1.29 is 23.9 Å². The van der Waals surface area contributed by atoms with Crippen molar-refractivity contribution in [1.29, 1.82) is 0 Å². The lowest BCUT2D eigenvalue weighted by Crippen LogP contribution is -2.44. The van der Waals surface area contributed by atoms with Gasteiger partial charge in [-0.1, -0.05) is 12.1 Å². The normalized spacial score (nSPS) is 19.8. The van der Waals surface area contributed by atoms with Crippen LogP contribution in [0, 0.1) is 0 Å². The van der Waals surface area contributed by atoms with E-state index >= 15 is 0 Å². The first kappa shape index (κ1) is 22.8.